The summed E-state index contributed by atoms with van der Waals surface area (Å²) in [6.07, 6.45) is -2.44. The molecule has 4 N–H and O–H groups in total. The fourth-order valence-corrected chi connectivity index (χ4v) is 8.57. The van der Waals surface area contributed by atoms with Crippen LogP contribution < -0.4 is 5.32 Å². The summed E-state index contributed by atoms with van der Waals surface area (Å²) >= 11 is 0.901. The Bertz CT molecular complexity index is 1620. The summed E-state index contributed by atoms with van der Waals surface area (Å²) in [5, 5.41) is 14.2. The average molecular weight is 736 g/mol. The van der Waals surface area contributed by atoms with Crippen molar-refractivity contribution in [3.63, 3.8) is 0 Å². The Morgan fingerprint density at radius 3 is 2.45 bits per heavy atom. The van der Waals surface area contributed by atoms with E-state index in [9.17, 15) is 41.6 Å². The van der Waals surface area contributed by atoms with Gasteiger partial charge in [0.15, 0.2) is 0 Å². The minimum Gasteiger partial charge on any atom is -0.378 e. The topological polar surface area (TPSA) is 163 Å². The molecule has 3 amide bonds. The van der Waals surface area contributed by atoms with Crippen LogP contribution in [0.2, 0.25) is 0 Å². The molecule has 1 aromatic heterocycles. The second-order valence-corrected chi connectivity index (χ2v) is 15.7. The van der Waals surface area contributed by atoms with Crippen molar-refractivity contribution in [3.8, 4) is 0 Å². The van der Waals surface area contributed by atoms with Crippen molar-refractivity contribution in [1.82, 2.24) is 24.9 Å². The van der Waals surface area contributed by atoms with Crippen molar-refractivity contribution >= 4 is 46.7 Å². The van der Waals surface area contributed by atoms with Gasteiger partial charge in [0.1, 0.15) is 12.3 Å². The number of halogens is 4. The summed E-state index contributed by atoms with van der Waals surface area (Å²) in [7, 11) is -5.83. The highest BCUT2D eigenvalue weighted by atomic mass is 32.1. The Labute approximate surface area is 282 Å². The van der Waals surface area contributed by atoms with Crippen LogP contribution in [-0.2, 0) is 24.6 Å². The van der Waals surface area contributed by atoms with Gasteiger partial charge in [0, 0.05) is 55.6 Å². The minimum atomic E-state index is -5.83. The SMILES string of the molecule is O=C(NC1CN(CC(F)F)CC[C@H]2CC[C@@H](C(O)N3CC(C(=O)N4CCOCC4)C3)N2C1=O)c1cc2cc(C(F)(F)P(=O)(O)O)ccc2s1. The predicted molar refractivity (Wildman–Crippen MR) is 168 cm³/mol. The van der Waals surface area contributed by atoms with E-state index in [1.54, 1.807) is 14.7 Å². The number of alkyl halides is 4. The molecule has 2 aromatic rings. The van der Waals surface area contributed by atoms with E-state index in [4.69, 9.17) is 14.5 Å². The van der Waals surface area contributed by atoms with Crippen molar-refractivity contribution in [2.45, 2.75) is 55.7 Å². The van der Waals surface area contributed by atoms with Crippen LogP contribution in [0.3, 0.4) is 0 Å². The van der Waals surface area contributed by atoms with Gasteiger partial charge in [-0.05, 0) is 42.8 Å². The van der Waals surface area contributed by atoms with Crippen molar-refractivity contribution in [2.75, 3.05) is 59.0 Å². The predicted octanol–water partition coefficient (Wildman–Crippen LogP) is 1.67. The second-order valence-electron chi connectivity index (χ2n) is 13.0. The number of carbonyl (C=O) groups excluding carboxylic acids is 3. The van der Waals surface area contributed by atoms with Gasteiger partial charge < -0.3 is 34.7 Å². The van der Waals surface area contributed by atoms with E-state index in [2.05, 4.69) is 5.32 Å². The zero-order valence-electron chi connectivity index (χ0n) is 26.3. The Hall–Kier alpha value is -2.70. The van der Waals surface area contributed by atoms with Crippen molar-refractivity contribution in [1.29, 1.82) is 0 Å². The number of hydrogen-bond donors (Lipinski definition) is 4. The maximum Gasteiger partial charge on any atom is 0.399 e. The molecule has 2 unspecified atom stereocenters. The zero-order valence-corrected chi connectivity index (χ0v) is 28.0. The molecule has 0 radical (unpaired) electrons. The Morgan fingerprint density at radius 1 is 1.06 bits per heavy atom. The molecule has 4 atom stereocenters. The maximum absolute atomic E-state index is 14.3. The molecule has 49 heavy (non-hydrogen) atoms. The summed E-state index contributed by atoms with van der Waals surface area (Å²) in [4.78, 5) is 65.2. The summed E-state index contributed by atoms with van der Waals surface area (Å²) in [6, 6.07) is 1.88. The maximum atomic E-state index is 14.3. The quantitative estimate of drug-likeness (QED) is 0.220. The van der Waals surface area contributed by atoms with Gasteiger partial charge in [-0.2, -0.15) is 8.78 Å². The molecule has 6 rings (SSSR count). The lowest BCUT2D eigenvalue weighted by Gasteiger charge is -2.47. The number of aliphatic hydroxyl groups excluding tert-OH is 1. The number of aliphatic hydroxyl groups is 1. The van der Waals surface area contributed by atoms with Crippen LogP contribution >= 0.6 is 18.9 Å². The molecule has 1 aromatic carbocycles. The smallest absolute Gasteiger partial charge is 0.378 e. The number of morpholine rings is 1. The number of thiophene rings is 1. The summed E-state index contributed by atoms with van der Waals surface area (Å²) in [6.45, 7) is 1.96. The fraction of sp³-hybridized carbons (Fsp3) is 0.633. The number of carbonyl (C=O) groups is 3. The van der Waals surface area contributed by atoms with Crippen molar-refractivity contribution in [2.24, 2.45) is 5.92 Å². The highest BCUT2D eigenvalue weighted by Crippen LogP contribution is 2.59. The van der Waals surface area contributed by atoms with E-state index in [0.29, 0.717) is 63.4 Å². The van der Waals surface area contributed by atoms with Crippen LogP contribution in [0.5, 0.6) is 0 Å². The largest absolute Gasteiger partial charge is 0.399 e. The molecular formula is C30H38F4N5O8PS. The third kappa shape index (κ3) is 7.38. The van der Waals surface area contributed by atoms with E-state index < -0.39 is 61.9 Å². The van der Waals surface area contributed by atoms with Gasteiger partial charge >= 0.3 is 13.3 Å². The molecule has 4 saturated heterocycles. The standard InChI is InChI=1S/C30H38F4N5O8PS/c31-25(32)16-36-6-5-20-2-3-22(29(43)38-13-18(14-38)27(41)37-7-9-47-10-8-37)39(20)28(42)21(15-36)35-26(40)24-12-17-11-19(1-4-23(17)49-24)30(33,34)48(44,45)46/h1,4,11-12,18,20-22,25,29,43H,2-3,5-10,13-16H2,(H,35,40)(H2,44,45,46)/t20-,21?,22+,29?/m1/s1. The number of ether oxygens (including phenoxy) is 1. The molecule has 0 saturated carbocycles. The zero-order chi connectivity index (χ0) is 35.2. The van der Waals surface area contributed by atoms with Crippen LogP contribution in [-0.4, -0.2) is 142 Å². The minimum absolute atomic E-state index is 0.00625. The van der Waals surface area contributed by atoms with Crippen molar-refractivity contribution in [3.05, 3.63) is 34.7 Å². The van der Waals surface area contributed by atoms with Gasteiger partial charge in [-0.3, -0.25) is 28.7 Å². The average Bonchev–Trinajstić information content (AvgIpc) is 3.65. The third-order valence-electron chi connectivity index (χ3n) is 9.77. The molecule has 0 spiro atoms. The van der Waals surface area contributed by atoms with Crippen LogP contribution in [0.1, 0.15) is 34.5 Å². The first-order chi connectivity index (χ1) is 23.1. The third-order valence-corrected chi connectivity index (χ3v) is 11.9. The number of rotatable bonds is 9. The lowest BCUT2D eigenvalue weighted by Crippen LogP contribution is -2.65. The normalized spacial score (nSPS) is 25.6. The molecular weight excluding hydrogens is 697 g/mol. The van der Waals surface area contributed by atoms with E-state index >= 15 is 0 Å². The van der Waals surface area contributed by atoms with Gasteiger partial charge in [-0.25, -0.2) is 8.78 Å². The Kier molecular flexibility index (Phi) is 10.4. The van der Waals surface area contributed by atoms with Crippen LogP contribution in [0.4, 0.5) is 17.6 Å². The van der Waals surface area contributed by atoms with Crippen LogP contribution in [0.15, 0.2) is 24.3 Å². The first-order valence-electron chi connectivity index (χ1n) is 16.0. The Morgan fingerprint density at radius 2 is 1.78 bits per heavy atom. The summed E-state index contributed by atoms with van der Waals surface area (Å²) in [5.41, 5.74) is -5.38. The van der Waals surface area contributed by atoms with Gasteiger partial charge in [0.2, 0.25) is 11.8 Å². The van der Waals surface area contributed by atoms with Gasteiger partial charge in [0.25, 0.3) is 12.3 Å². The molecule has 5 heterocycles. The van der Waals surface area contributed by atoms with Crippen molar-refractivity contribution < 1.29 is 56.1 Å². The monoisotopic (exact) mass is 735 g/mol. The van der Waals surface area contributed by atoms with E-state index in [1.807, 2.05) is 0 Å². The highest BCUT2D eigenvalue weighted by Gasteiger charge is 2.51. The molecule has 4 aliphatic heterocycles. The summed E-state index contributed by atoms with van der Waals surface area (Å²) in [5.74, 6) is -1.61. The number of likely N-dealkylation sites (tertiary alicyclic amines) is 1. The summed E-state index contributed by atoms with van der Waals surface area (Å²) < 4.78 is 72.7. The molecule has 4 aliphatic rings. The van der Waals surface area contributed by atoms with Crippen LogP contribution in [0.25, 0.3) is 10.1 Å². The number of amides is 3. The first kappa shape index (κ1) is 36.1. The number of hydrogen-bond acceptors (Lipinski definition) is 9. The fourth-order valence-electron chi connectivity index (χ4n) is 7.15. The molecule has 13 nitrogen and oxygen atoms in total. The van der Waals surface area contributed by atoms with E-state index in [-0.39, 0.29) is 41.2 Å². The lowest BCUT2D eigenvalue weighted by molar-refractivity contribution is -0.161. The number of nitrogens with one attached hydrogen (secondary N) is 1. The molecule has 0 aliphatic carbocycles. The van der Waals surface area contributed by atoms with Gasteiger partial charge in [0.05, 0.1) is 36.6 Å². The lowest BCUT2D eigenvalue weighted by atomic mass is 9.96. The number of fused-ring (bicyclic) bond motifs is 2. The molecule has 0 bridgehead atoms. The molecule has 4 fully saturated rings. The second kappa shape index (κ2) is 14.1. The number of benzene rings is 1. The highest BCUT2D eigenvalue weighted by molar-refractivity contribution is 7.52. The first-order valence-corrected chi connectivity index (χ1v) is 18.5. The number of nitrogens with zero attached hydrogens (tertiary/aromatic N) is 4. The van der Waals surface area contributed by atoms with E-state index in [0.717, 1.165) is 23.5 Å². The van der Waals surface area contributed by atoms with Crippen LogP contribution in [0, 0.1) is 5.92 Å². The van der Waals surface area contributed by atoms with Gasteiger partial charge in [-0.1, -0.05) is 6.07 Å². The Balaban J connectivity index is 1.18. The molecule has 19 heteroatoms. The molecule has 270 valence electrons. The van der Waals surface area contributed by atoms with Gasteiger partial charge in [-0.15, -0.1) is 11.3 Å². The van der Waals surface area contributed by atoms with E-state index in [1.165, 1.54) is 17.0 Å².